The minimum atomic E-state index is -0.819. The second-order valence-electron chi connectivity index (χ2n) is 12.1. The first-order chi connectivity index (χ1) is 27.3. The number of nitrogens with one attached hydrogen (secondary N) is 4. The average Bonchev–Trinajstić information content (AvgIpc) is 3.19. The molecule has 0 aliphatic rings. The Hall–Kier alpha value is -6.78. The number of para-hydroxylation sites is 2. The van der Waals surface area contributed by atoms with E-state index in [1.54, 1.807) is 48.5 Å². The maximum Gasteiger partial charge on any atom is 0.411 e. The second-order valence-corrected chi connectivity index (χ2v) is 12.6. The minimum Gasteiger partial charge on any atom is -0.495 e. The molecule has 4 aromatic carbocycles. The molecule has 2 aromatic heterocycles. The Kier molecular flexibility index (Phi) is 13.2. The van der Waals surface area contributed by atoms with Gasteiger partial charge in [0.05, 0.1) is 35.9 Å². The van der Waals surface area contributed by atoms with Gasteiger partial charge >= 0.3 is 12.2 Å². The molecule has 56 heavy (non-hydrogen) atoms. The lowest BCUT2D eigenvalue weighted by Gasteiger charge is -2.16. The highest BCUT2D eigenvalue weighted by Crippen LogP contribution is 2.36. The number of methoxy groups -OCH3 is 1. The number of carbonyl (C=O) groups excluding carboxylic acids is 2. The molecule has 2 heterocycles. The van der Waals surface area contributed by atoms with Crippen LogP contribution in [-0.2, 0) is 9.47 Å². The molecule has 0 saturated heterocycles. The van der Waals surface area contributed by atoms with Crippen molar-refractivity contribution in [3.05, 3.63) is 113 Å². The lowest BCUT2D eigenvalue weighted by molar-refractivity contribution is 0.102. The molecule has 2 amide bonds. The van der Waals surface area contributed by atoms with Gasteiger partial charge in [-0.2, -0.15) is 5.11 Å². The summed E-state index contributed by atoms with van der Waals surface area (Å²) >= 11 is 6.10. The zero-order chi connectivity index (χ0) is 39.3. The zero-order valence-electron chi connectivity index (χ0n) is 30.5. The number of rotatable bonds is 16. The molecule has 0 saturated carbocycles. The van der Waals surface area contributed by atoms with Crippen LogP contribution >= 0.6 is 11.6 Å². The number of hydrogen-bond acceptors (Lipinski definition) is 13. The quantitative estimate of drug-likeness (QED) is 0.0430. The van der Waals surface area contributed by atoms with E-state index < -0.39 is 12.2 Å². The van der Waals surface area contributed by atoms with Crippen molar-refractivity contribution in [3.8, 4) is 17.1 Å². The summed E-state index contributed by atoms with van der Waals surface area (Å²) in [6, 6.07) is 26.2. The summed E-state index contributed by atoms with van der Waals surface area (Å²) in [5.41, 5.74) is 6.02. The number of aromatic nitrogens is 2. The van der Waals surface area contributed by atoms with Crippen molar-refractivity contribution in [2.24, 2.45) is 10.3 Å². The summed E-state index contributed by atoms with van der Waals surface area (Å²) in [5.74, 6) is 1.22. The third-order valence-corrected chi connectivity index (χ3v) is 8.48. The monoisotopic (exact) mass is 779 g/mol. The molecule has 0 aliphatic carbocycles. The lowest BCUT2D eigenvalue weighted by atomic mass is 10.1. The number of nitrogens with zero attached hydrogens (tertiary/aromatic N) is 5. The predicted octanol–water partition coefficient (Wildman–Crippen LogP) is 7.49. The summed E-state index contributed by atoms with van der Waals surface area (Å²) in [4.78, 5) is 48.3. The van der Waals surface area contributed by atoms with Crippen LogP contribution in [-0.4, -0.2) is 80.6 Å². The van der Waals surface area contributed by atoms with E-state index in [0.717, 1.165) is 22.3 Å². The molecule has 288 valence electrons. The predicted molar refractivity (Wildman–Crippen MR) is 214 cm³/mol. The SMILES string of the molecule is COc1cccc(-c2cc(=O)c3ccccc3o2)c1NC(=O)OCCOC(=O)NCCN(C)CCN=NNc1ccc2c(Nc3cccc(Cl)c3)ncnc2c1. The molecular formula is C39H38ClN9O7. The van der Waals surface area contributed by atoms with Crippen molar-refractivity contribution in [1.29, 1.82) is 0 Å². The molecule has 6 aromatic rings. The van der Waals surface area contributed by atoms with E-state index in [-0.39, 0.29) is 30.1 Å². The topological polar surface area (TPSA) is 194 Å². The fourth-order valence-corrected chi connectivity index (χ4v) is 5.67. The van der Waals surface area contributed by atoms with Crippen molar-refractivity contribution in [3.63, 3.8) is 0 Å². The van der Waals surface area contributed by atoms with Crippen LogP contribution in [0.3, 0.4) is 0 Å². The van der Waals surface area contributed by atoms with Gasteiger partial charge in [-0.3, -0.25) is 15.5 Å². The second kappa shape index (κ2) is 19.0. The number of amides is 2. The Bertz CT molecular complexity index is 2410. The van der Waals surface area contributed by atoms with Crippen LogP contribution in [0.2, 0.25) is 5.02 Å². The van der Waals surface area contributed by atoms with Gasteiger partial charge in [0.15, 0.2) is 5.43 Å². The Labute approximate surface area is 325 Å². The maximum atomic E-state index is 12.7. The summed E-state index contributed by atoms with van der Waals surface area (Å²) < 4.78 is 21.7. The summed E-state index contributed by atoms with van der Waals surface area (Å²) in [6.45, 7) is 1.49. The molecule has 0 bridgehead atoms. The molecule has 6 rings (SSSR count). The number of hydrogen-bond donors (Lipinski definition) is 4. The van der Waals surface area contributed by atoms with E-state index in [1.165, 1.54) is 19.5 Å². The smallest absolute Gasteiger partial charge is 0.411 e. The average molecular weight is 780 g/mol. The van der Waals surface area contributed by atoms with Gasteiger partial charge in [-0.05, 0) is 67.7 Å². The standard InChI is InChI=1S/C39H38ClN9O7/c1-49(18-16-44-48-47-27-13-14-28-31(22-27)42-24-43-37(28)45-26-8-5-7-25(40)21-26)17-15-41-38(51)54-19-20-55-39(52)46-36-30(10-6-12-34(36)53-2)35-23-32(50)29-9-3-4-11-33(29)56-35/h3-14,21-24H,15-20H2,1-2H3,(H,41,51)(H,44,47)(H,46,52)(H,42,43,45). The number of fused-ring (bicyclic) bond motifs is 2. The fourth-order valence-electron chi connectivity index (χ4n) is 5.48. The highest BCUT2D eigenvalue weighted by Gasteiger charge is 2.18. The Morgan fingerprint density at radius 3 is 2.54 bits per heavy atom. The first kappa shape index (κ1) is 38.9. The molecule has 0 aliphatic heterocycles. The van der Waals surface area contributed by atoms with Crippen LogP contribution in [0.1, 0.15) is 0 Å². The van der Waals surface area contributed by atoms with E-state index in [0.29, 0.717) is 59.3 Å². The molecule has 0 fully saturated rings. The first-order valence-corrected chi connectivity index (χ1v) is 17.8. The Morgan fingerprint density at radius 2 is 1.70 bits per heavy atom. The number of alkyl carbamates (subject to hydrolysis) is 1. The van der Waals surface area contributed by atoms with Gasteiger partial charge in [0.1, 0.15) is 42.5 Å². The number of carbonyl (C=O) groups is 2. The summed E-state index contributed by atoms with van der Waals surface area (Å²) in [7, 11) is 3.34. The summed E-state index contributed by atoms with van der Waals surface area (Å²) in [5, 5.41) is 18.7. The Morgan fingerprint density at radius 1 is 0.875 bits per heavy atom. The van der Waals surface area contributed by atoms with Crippen LogP contribution < -0.4 is 31.5 Å². The molecular weight excluding hydrogens is 742 g/mol. The third-order valence-electron chi connectivity index (χ3n) is 8.24. The van der Waals surface area contributed by atoms with Gasteiger partial charge in [-0.1, -0.05) is 41.1 Å². The van der Waals surface area contributed by atoms with E-state index in [4.69, 9.17) is 30.2 Å². The van der Waals surface area contributed by atoms with Crippen molar-refractivity contribution in [1.82, 2.24) is 20.2 Å². The van der Waals surface area contributed by atoms with Crippen molar-refractivity contribution >= 4 is 68.5 Å². The van der Waals surface area contributed by atoms with Gasteiger partial charge in [-0.15, -0.1) is 0 Å². The highest BCUT2D eigenvalue weighted by molar-refractivity contribution is 6.30. The number of benzene rings is 4. The van der Waals surface area contributed by atoms with E-state index in [1.807, 2.05) is 48.3 Å². The van der Waals surface area contributed by atoms with Crippen LogP contribution in [0.5, 0.6) is 5.75 Å². The van der Waals surface area contributed by atoms with Gasteiger partial charge in [0, 0.05) is 47.4 Å². The van der Waals surface area contributed by atoms with Crippen molar-refractivity contribution < 1.29 is 28.2 Å². The molecule has 0 atom stereocenters. The third kappa shape index (κ3) is 10.5. The van der Waals surface area contributed by atoms with Crippen molar-refractivity contribution in [2.45, 2.75) is 0 Å². The van der Waals surface area contributed by atoms with Gasteiger partial charge in [-0.25, -0.2) is 19.6 Å². The van der Waals surface area contributed by atoms with Crippen LogP contribution in [0.15, 0.2) is 117 Å². The van der Waals surface area contributed by atoms with Gasteiger partial charge in [0.25, 0.3) is 0 Å². The molecule has 16 nitrogen and oxygen atoms in total. The lowest BCUT2D eigenvalue weighted by Crippen LogP contribution is -2.34. The molecule has 0 radical (unpaired) electrons. The van der Waals surface area contributed by atoms with E-state index >= 15 is 0 Å². The van der Waals surface area contributed by atoms with Gasteiger partial charge in [0.2, 0.25) is 0 Å². The van der Waals surface area contributed by atoms with Crippen molar-refractivity contribution in [2.75, 3.05) is 69.6 Å². The van der Waals surface area contributed by atoms with E-state index in [9.17, 15) is 14.4 Å². The summed E-state index contributed by atoms with van der Waals surface area (Å²) in [6.07, 6.45) is 0.0113. The molecule has 4 N–H and O–H groups in total. The maximum absolute atomic E-state index is 12.7. The number of anilines is 4. The van der Waals surface area contributed by atoms with Crippen LogP contribution in [0.4, 0.5) is 32.5 Å². The number of ether oxygens (including phenoxy) is 3. The van der Waals surface area contributed by atoms with Gasteiger partial charge < -0.3 is 34.2 Å². The minimum absolute atomic E-state index is 0.175. The first-order valence-electron chi connectivity index (χ1n) is 17.4. The van der Waals surface area contributed by atoms with Crippen LogP contribution in [0.25, 0.3) is 33.2 Å². The number of likely N-dealkylation sites (N-methyl/N-ethyl adjacent to an activating group) is 1. The largest absolute Gasteiger partial charge is 0.495 e. The van der Waals surface area contributed by atoms with E-state index in [2.05, 4.69) is 41.7 Å². The highest BCUT2D eigenvalue weighted by atomic mass is 35.5. The Balaban J connectivity index is 0.871. The fraction of sp³-hybridized carbons (Fsp3) is 0.205. The number of halogens is 1. The van der Waals surface area contributed by atoms with Crippen LogP contribution in [0, 0.1) is 0 Å². The zero-order valence-corrected chi connectivity index (χ0v) is 31.2. The normalized spacial score (nSPS) is 11.1. The molecule has 17 heteroatoms. The molecule has 0 spiro atoms. The molecule has 0 unspecified atom stereocenters.